The normalized spacial score (nSPS) is 24.6. The van der Waals surface area contributed by atoms with Crippen molar-refractivity contribution < 1.29 is 0 Å². The number of likely N-dealkylation sites (N-methyl/N-ethyl adjacent to an activating group) is 1. The van der Waals surface area contributed by atoms with Crippen molar-refractivity contribution in [1.29, 1.82) is 0 Å². The van der Waals surface area contributed by atoms with Crippen LogP contribution < -0.4 is 5.32 Å². The average Bonchev–Trinajstić information content (AvgIpc) is 2.69. The van der Waals surface area contributed by atoms with Crippen LogP contribution >= 0.6 is 0 Å². The molecule has 2 heterocycles. The summed E-state index contributed by atoms with van der Waals surface area (Å²) in [6.45, 7) is 3.38. The Morgan fingerprint density at radius 3 is 2.89 bits per heavy atom. The van der Waals surface area contributed by atoms with Gasteiger partial charge in [-0.2, -0.15) is 0 Å². The van der Waals surface area contributed by atoms with Crippen LogP contribution in [0, 0.1) is 0 Å². The molecule has 1 aromatic carbocycles. The second-order valence-electron chi connectivity index (χ2n) is 5.25. The van der Waals surface area contributed by atoms with Gasteiger partial charge in [0, 0.05) is 30.2 Å². The molecule has 0 aliphatic carbocycles. The molecule has 0 bridgehead atoms. The fraction of sp³-hybridized carbons (Fsp3) is 0.400. The molecule has 94 valence electrons. The molecule has 1 aliphatic heterocycles. The summed E-state index contributed by atoms with van der Waals surface area (Å²) in [5.74, 6) is 0. The minimum absolute atomic E-state index is 0.526. The van der Waals surface area contributed by atoms with Gasteiger partial charge in [-0.05, 0) is 32.5 Å². The minimum atomic E-state index is 0.526. The standard InChI is InChI=1S/C15H19N3/c1-11-9-13(10-18(11)2)17-14-7-3-5-12-6-4-8-16-15(12)14/h3-8,11,13,17H,9-10H2,1-2H3. The van der Waals surface area contributed by atoms with Gasteiger partial charge in [-0.3, -0.25) is 4.98 Å². The number of nitrogens with zero attached hydrogens (tertiary/aromatic N) is 2. The Bertz CT molecular complexity index is 537. The molecule has 3 nitrogen and oxygen atoms in total. The summed E-state index contributed by atoms with van der Waals surface area (Å²) in [7, 11) is 2.19. The zero-order valence-electron chi connectivity index (χ0n) is 10.9. The lowest BCUT2D eigenvalue weighted by Crippen LogP contribution is -2.25. The Kier molecular flexibility index (Phi) is 2.92. The van der Waals surface area contributed by atoms with Crippen molar-refractivity contribution in [2.45, 2.75) is 25.4 Å². The Balaban J connectivity index is 1.87. The molecule has 0 saturated carbocycles. The molecule has 1 fully saturated rings. The number of anilines is 1. The van der Waals surface area contributed by atoms with Gasteiger partial charge in [0.25, 0.3) is 0 Å². The van der Waals surface area contributed by atoms with Crippen LogP contribution in [0.4, 0.5) is 5.69 Å². The van der Waals surface area contributed by atoms with Crippen LogP contribution in [0.25, 0.3) is 10.9 Å². The van der Waals surface area contributed by atoms with Gasteiger partial charge in [0.05, 0.1) is 11.2 Å². The van der Waals surface area contributed by atoms with E-state index < -0.39 is 0 Å². The van der Waals surface area contributed by atoms with Crippen molar-refractivity contribution >= 4 is 16.6 Å². The predicted molar refractivity (Wildman–Crippen MR) is 75.9 cm³/mol. The number of rotatable bonds is 2. The lowest BCUT2D eigenvalue weighted by Gasteiger charge is -2.15. The molecule has 1 N–H and O–H groups in total. The molecule has 0 amide bonds. The van der Waals surface area contributed by atoms with Gasteiger partial charge in [-0.1, -0.05) is 18.2 Å². The number of benzene rings is 1. The zero-order chi connectivity index (χ0) is 12.5. The molecule has 1 aliphatic rings. The van der Waals surface area contributed by atoms with Crippen LogP contribution in [0.1, 0.15) is 13.3 Å². The number of fused-ring (bicyclic) bond motifs is 1. The fourth-order valence-corrected chi connectivity index (χ4v) is 2.74. The van der Waals surface area contributed by atoms with Crippen molar-refractivity contribution in [3.05, 3.63) is 36.5 Å². The Morgan fingerprint density at radius 1 is 1.28 bits per heavy atom. The molecule has 1 saturated heterocycles. The largest absolute Gasteiger partial charge is 0.379 e. The van der Waals surface area contributed by atoms with E-state index in [2.05, 4.69) is 53.4 Å². The molecule has 18 heavy (non-hydrogen) atoms. The maximum atomic E-state index is 4.49. The van der Waals surface area contributed by atoms with Crippen LogP contribution in [0.15, 0.2) is 36.5 Å². The first kappa shape index (κ1) is 11.5. The lowest BCUT2D eigenvalue weighted by molar-refractivity contribution is 0.330. The van der Waals surface area contributed by atoms with Gasteiger partial charge in [0.1, 0.15) is 0 Å². The van der Waals surface area contributed by atoms with Crippen molar-refractivity contribution in [1.82, 2.24) is 9.88 Å². The number of likely N-dealkylation sites (tertiary alicyclic amines) is 1. The van der Waals surface area contributed by atoms with Crippen LogP contribution in [-0.2, 0) is 0 Å². The topological polar surface area (TPSA) is 28.2 Å². The molecular weight excluding hydrogens is 222 g/mol. The summed E-state index contributed by atoms with van der Waals surface area (Å²) >= 11 is 0. The maximum Gasteiger partial charge on any atom is 0.0933 e. The van der Waals surface area contributed by atoms with E-state index in [9.17, 15) is 0 Å². The van der Waals surface area contributed by atoms with E-state index in [1.807, 2.05) is 12.3 Å². The minimum Gasteiger partial charge on any atom is -0.379 e. The SMILES string of the molecule is CC1CC(Nc2cccc3cccnc23)CN1C. The lowest BCUT2D eigenvalue weighted by atomic mass is 10.1. The maximum absolute atomic E-state index is 4.49. The fourth-order valence-electron chi connectivity index (χ4n) is 2.74. The summed E-state index contributed by atoms with van der Waals surface area (Å²) in [6.07, 6.45) is 3.05. The van der Waals surface area contributed by atoms with Crippen molar-refractivity contribution in [2.75, 3.05) is 18.9 Å². The predicted octanol–water partition coefficient (Wildman–Crippen LogP) is 2.74. The van der Waals surface area contributed by atoms with Crippen LogP contribution in [0.2, 0.25) is 0 Å². The van der Waals surface area contributed by atoms with Gasteiger partial charge in [0.15, 0.2) is 0 Å². The number of para-hydroxylation sites is 1. The monoisotopic (exact) mass is 241 g/mol. The van der Waals surface area contributed by atoms with Gasteiger partial charge >= 0.3 is 0 Å². The second kappa shape index (κ2) is 4.58. The van der Waals surface area contributed by atoms with Gasteiger partial charge in [-0.15, -0.1) is 0 Å². The molecule has 0 spiro atoms. The molecule has 3 heteroatoms. The number of hydrogen-bond donors (Lipinski definition) is 1. The quantitative estimate of drug-likeness (QED) is 0.876. The molecular formula is C15H19N3. The van der Waals surface area contributed by atoms with Gasteiger partial charge in [0.2, 0.25) is 0 Å². The summed E-state index contributed by atoms with van der Waals surface area (Å²) in [4.78, 5) is 6.88. The van der Waals surface area contributed by atoms with Gasteiger partial charge < -0.3 is 10.2 Å². The highest BCUT2D eigenvalue weighted by atomic mass is 15.2. The van der Waals surface area contributed by atoms with E-state index in [-0.39, 0.29) is 0 Å². The van der Waals surface area contributed by atoms with E-state index in [1.54, 1.807) is 0 Å². The van der Waals surface area contributed by atoms with Crippen LogP contribution in [0.3, 0.4) is 0 Å². The third kappa shape index (κ3) is 2.06. The first-order valence-corrected chi connectivity index (χ1v) is 6.54. The van der Waals surface area contributed by atoms with E-state index in [4.69, 9.17) is 0 Å². The average molecular weight is 241 g/mol. The highest BCUT2D eigenvalue weighted by Gasteiger charge is 2.26. The zero-order valence-corrected chi connectivity index (χ0v) is 10.9. The van der Waals surface area contributed by atoms with E-state index >= 15 is 0 Å². The molecule has 0 radical (unpaired) electrons. The summed E-state index contributed by atoms with van der Waals surface area (Å²) in [5, 5.41) is 4.84. The van der Waals surface area contributed by atoms with Crippen molar-refractivity contribution in [3.63, 3.8) is 0 Å². The number of nitrogens with one attached hydrogen (secondary N) is 1. The van der Waals surface area contributed by atoms with Crippen molar-refractivity contribution in [2.24, 2.45) is 0 Å². The molecule has 2 unspecified atom stereocenters. The second-order valence-corrected chi connectivity index (χ2v) is 5.25. The molecule has 2 atom stereocenters. The Labute approximate surface area is 108 Å². The van der Waals surface area contributed by atoms with E-state index in [0.29, 0.717) is 12.1 Å². The number of pyridine rings is 1. The number of aromatic nitrogens is 1. The molecule has 1 aromatic heterocycles. The highest BCUT2D eigenvalue weighted by Crippen LogP contribution is 2.24. The third-order valence-corrected chi connectivity index (χ3v) is 3.88. The summed E-state index contributed by atoms with van der Waals surface area (Å²) in [5.41, 5.74) is 2.22. The summed E-state index contributed by atoms with van der Waals surface area (Å²) in [6, 6.07) is 11.6. The Morgan fingerprint density at radius 2 is 2.11 bits per heavy atom. The first-order valence-electron chi connectivity index (χ1n) is 6.54. The van der Waals surface area contributed by atoms with Gasteiger partial charge in [-0.25, -0.2) is 0 Å². The smallest absolute Gasteiger partial charge is 0.0933 e. The molecule has 2 aromatic rings. The number of hydrogen-bond acceptors (Lipinski definition) is 3. The third-order valence-electron chi connectivity index (χ3n) is 3.88. The van der Waals surface area contributed by atoms with Crippen LogP contribution in [-0.4, -0.2) is 35.6 Å². The first-order chi connectivity index (χ1) is 8.74. The Hall–Kier alpha value is -1.61. The van der Waals surface area contributed by atoms with E-state index in [0.717, 1.165) is 17.7 Å². The van der Waals surface area contributed by atoms with Crippen LogP contribution in [0.5, 0.6) is 0 Å². The highest BCUT2D eigenvalue weighted by molar-refractivity contribution is 5.90. The van der Waals surface area contributed by atoms with Crippen molar-refractivity contribution in [3.8, 4) is 0 Å². The summed E-state index contributed by atoms with van der Waals surface area (Å²) < 4.78 is 0. The van der Waals surface area contributed by atoms with E-state index in [1.165, 1.54) is 11.8 Å². The molecule has 3 rings (SSSR count).